The van der Waals surface area contributed by atoms with Gasteiger partial charge in [0.1, 0.15) is 18.4 Å². The van der Waals surface area contributed by atoms with E-state index in [1.165, 1.54) is 24.0 Å². The highest BCUT2D eigenvalue weighted by Crippen LogP contribution is 2.18. The smallest absolute Gasteiger partial charge is 0.339 e. The van der Waals surface area contributed by atoms with Gasteiger partial charge in [-0.15, -0.1) is 0 Å². The third-order valence-corrected chi connectivity index (χ3v) is 4.46. The Morgan fingerprint density at radius 3 is 2.57 bits per heavy atom. The summed E-state index contributed by atoms with van der Waals surface area (Å²) in [4.78, 5) is 37.1. The summed E-state index contributed by atoms with van der Waals surface area (Å²) in [6.45, 7) is -0.323. The molecule has 0 bridgehead atoms. The predicted octanol–water partition coefficient (Wildman–Crippen LogP) is 1.98. The molecule has 0 saturated carbocycles. The minimum atomic E-state index is -0.574. The molecule has 9 nitrogen and oxygen atoms in total. The lowest BCUT2D eigenvalue weighted by Crippen LogP contribution is -2.31. The van der Waals surface area contributed by atoms with Crippen molar-refractivity contribution >= 4 is 23.1 Å². The number of aromatic nitrogens is 4. The first kappa shape index (κ1) is 19.1. The van der Waals surface area contributed by atoms with Crippen LogP contribution in [0.3, 0.4) is 0 Å². The molecule has 4 rings (SSSR count). The number of nitrogens with zero attached hydrogens (tertiary/aromatic N) is 4. The fourth-order valence-corrected chi connectivity index (χ4v) is 3.01. The van der Waals surface area contributed by atoms with Crippen molar-refractivity contribution in [2.75, 3.05) is 12.4 Å². The molecule has 1 N–H and O–H groups in total. The first-order valence-electron chi connectivity index (χ1n) is 9.05. The lowest BCUT2D eigenvalue weighted by Gasteiger charge is -2.10. The average Bonchev–Trinajstić information content (AvgIpc) is 3.21. The van der Waals surface area contributed by atoms with Crippen LogP contribution in [0.25, 0.3) is 16.8 Å². The van der Waals surface area contributed by atoms with Gasteiger partial charge in [0, 0.05) is 5.56 Å². The molecule has 0 aliphatic carbocycles. The van der Waals surface area contributed by atoms with E-state index in [2.05, 4.69) is 15.5 Å². The third-order valence-electron chi connectivity index (χ3n) is 4.46. The highest BCUT2D eigenvalue weighted by molar-refractivity contribution is 6.01. The van der Waals surface area contributed by atoms with E-state index in [9.17, 15) is 14.4 Å². The molecule has 0 unspecified atom stereocenters. The summed E-state index contributed by atoms with van der Waals surface area (Å²) in [6.07, 6.45) is 1.37. The van der Waals surface area contributed by atoms with Gasteiger partial charge in [0.25, 0.3) is 5.56 Å². The molecule has 0 aliphatic rings. The second-order valence-electron chi connectivity index (χ2n) is 6.40. The van der Waals surface area contributed by atoms with Crippen molar-refractivity contribution in [3.8, 4) is 11.3 Å². The second-order valence-corrected chi connectivity index (χ2v) is 6.40. The number of anilines is 1. The molecule has 9 heteroatoms. The Balaban J connectivity index is 1.59. The molecular weight excluding hydrogens is 386 g/mol. The zero-order valence-corrected chi connectivity index (χ0v) is 16.0. The van der Waals surface area contributed by atoms with Crippen LogP contribution in [0, 0.1) is 0 Å². The Morgan fingerprint density at radius 1 is 1.07 bits per heavy atom. The molecule has 0 radical (unpaired) electrons. The quantitative estimate of drug-likeness (QED) is 0.511. The minimum Gasteiger partial charge on any atom is -0.465 e. The normalized spacial score (nSPS) is 10.7. The fraction of sp³-hybridized carbons (Fsp3) is 0.0952. The Hall–Kier alpha value is -4.27. The maximum Gasteiger partial charge on any atom is 0.339 e. The topological polar surface area (TPSA) is 108 Å². The van der Waals surface area contributed by atoms with E-state index in [1.807, 2.05) is 30.3 Å². The van der Waals surface area contributed by atoms with Crippen LogP contribution in [-0.4, -0.2) is 38.4 Å². The first-order chi connectivity index (χ1) is 14.6. The monoisotopic (exact) mass is 403 g/mol. The van der Waals surface area contributed by atoms with E-state index in [0.717, 1.165) is 10.2 Å². The van der Waals surface area contributed by atoms with Crippen LogP contribution in [-0.2, 0) is 16.1 Å². The number of rotatable bonds is 5. The summed E-state index contributed by atoms with van der Waals surface area (Å²) < 4.78 is 7.14. The molecule has 0 atom stereocenters. The molecule has 2 aromatic heterocycles. The SMILES string of the molecule is COC(=O)c1ccccc1NC(=O)Cn1ncn2nc(-c3ccccc3)cc2c1=O. The van der Waals surface area contributed by atoms with Gasteiger partial charge in [-0.25, -0.2) is 14.0 Å². The van der Waals surface area contributed by atoms with Gasteiger partial charge in [-0.3, -0.25) is 9.59 Å². The maximum atomic E-state index is 12.8. The van der Waals surface area contributed by atoms with Gasteiger partial charge in [0.2, 0.25) is 5.91 Å². The van der Waals surface area contributed by atoms with Gasteiger partial charge < -0.3 is 10.1 Å². The van der Waals surface area contributed by atoms with E-state index in [1.54, 1.807) is 24.3 Å². The first-order valence-corrected chi connectivity index (χ1v) is 9.05. The van der Waals surface area contributed by atoms with Crippen LogP contribution in [0.2, 0.25) is 0 Å². The second kappa shape index (κ2) is 8.00. The summed E-state index contributed by atoms with van der Waals surface area (Å²) in [7, 11) is 1.26. The number of benzene rings is 2. The molecule has 0 spiro atoms. The van der Waals surface area contributed by atoms with Crippen LogP contribution in [0.5, 0.6) is 0 Å². The molecule has 0 fully saturated rings. The van der Waals surface area contributed by atoms with Gasteiger partial charge in [0.05, 0.1) is 24.1 Å². The van der Waals surface area contributed by atoms with Crippen LogP contribution < -0.4 is 10.9 Å². The van der Waals surface area contributed by atoms with E-state index >= 15 is 0 Å². The van der Waals surface area contributed by atoms with Crippen molar-refractivity contribution in [3.63, 3.8) is 0 Å². The van der Waals surface area contributed by atoms with Gasteiger partial charge in [-0.1, -0.05) is 42.5 Å². The molecule has 0 saturated heterocycles. The van der Waals surface area contributed by atoms with Crippen molar-refractivity contribution in [1.82, 2.24) is 19.4 Å². The molecule has 150 valence electrons. The number of methoxy groups -OCH3 is 1. The van der Waals surface area contributed by atoms with Crippen LogP contribution in [0.1, 0.15) is 10.4 Å². The number of hydrogen-bond acceptors (Lipinski definition) is 6. The minimum absolute atomic E-state index is 0.215. The van der Waals surface area contributed by atoms with Gasteiger partial charge >= 0.3 is 5.97 Å². The van der Waals surface area contributed by atoms with Crippen molar-refractivity contribution in [2.24, 2.45) is 0 Å². The molecule has 1 amide bonds. The van der Waals surface area contributed by atoms with E-state index in [-0.39, 0.29) is 12.1 Å². The zero-order valence-electron chi connectivity index (χ0n) is 16.0. The van der Waals surface area contributed by atoms with Gasteiger partial charge in [-0.05, 0) is 18.2 Å². The van der Waals surface area contributed by atoms with Gasteiger partial charge in [0.15, 0.2) is 0 Å². The van der Waals surface area contributed by atoms with Crippen molar-refractivity contribution in [2.45, 2.75) is 6.54 Å². The number of ether oxygens (including phenoxy) is 1. The maximum absolute atomic E-state index is 12.8. The van der Waals surface area contributed by atoms with Crippen molar-refractivity contribution in [3.05, 3.63) is 82.9 Å². The molecule has 30 heavy (non-hydrogen) atoms. The third kappa shape index (κ3) is 3.68. The van der Waals surface area contributed by atoms with Crippen molar-refractivity contribution in [1.29, 1.82) is 0 Å². The largest absolute Gasteiger partial charge is 0.465 e. The number of amides is 1. The molecule has 0 aliphatic heterocycles. The lowest BCUT2D eigenvalue weighted by molar-refractivity contribution is -0.117. The Bertz CT molecular complexity index is 1290. The summed E-state index contributed by atoms with van der Waals surface area (Å²) in [5.74, 6) is -1.08. The number of carbonyl (C=O) groups is 2. The highest BCUT2D eigenvalue weighted by Gasteiger charge is 2.15. The van der Waals surface area contributed by atoms with Crippen molar-refractivity contribution < 1.29 is 14.3 Å². The highest BCUT2D eigenvalue weighted by atomic mass is 16.5. The molecule has 4 aromatic rings. The Morgan fingerprint density at radius 2 is 1.80 bits per heavy atom. The van der Waals surface area contributed by atoms with E-state index < -0.39 is 17.4 Å². The summed E-state index contributed by atoms with van der Waals surface area (Å²) in [5.41, 5.74) is 1.84. The number of esters is 1. The summed E-state index contributed by atoms with van der Waals surface area (Å²) in [6, 6.07) is 17.5. The number of fused-ring (bicyclic) bond motifs is 1. The number of hydrogen-bond donors (Lipinski definition) is 1. The number of nitrogens with one attached hydrogen (secondary N) is 1. The Kier molecular flexibility index (Phi) is 5.08. The Labute approximate surface area is 170 Å². The predicted molar refractivity (Wildman–Crippen MR) is 109 cm³/mol. The number of carbonyl (C=O) groups excluding carboxylic acids is 2. The fourth-order valence-electron chi connectivity index (χ4n) is 3.01. The van der Waals surface area contributed by atoms with Crippen LogP contribution in [0.15, 0.2) is 71.8 Å². The van der Waals surface area contributed by atoms with Gasteiger partial charge in [-0.2, -0.15) is 10.2 Å². The molecule has 2 aromatic carbocycles. The lowest BCUT2D eigenvalue weighted by atomic mass is 10.1. The number of para-hydroxylation sites is 1. The van der Waals surface area contributed by atoms with E-state index in [0.29, 0.717) is 16.9 Å². The standard InChI is InChI=1S/C21H17N5O4/c1-30-21(29)15-9-5-6-10-16(15)23-19(27)12-25-20(28)18-11-17(24-26(18)13-22-25)14-7-3-2-4-8-14/h2-11,13H,12H2,1H3,(H,23,27). The molecule has 2 heterocycles. The summed E-state index contributed by atoms with van der Waals surface area (Å²) in [5, 5.41) is 11.0. The molecular formula is C21H17N5O4. The summed E-state index contributed by atoms with van der Waals surface area (Å²) >= 11 is 0. The van der Waals surface area contributed by atoms with Crippen LogP contribution in [0.4, 0.5) is 5.69 Å². The zero-order chi connectivity index (χ0) is 21.1. The van der Waals surface area contributed by atoms with E-state index in [4.69, 9.17) is 4.74 Å². The van der Waals surface area contributed by atoms with Crippen LogP contribution >= 0.6 is 0 Å². The average molecular weight is 403 g/mol.